The summed E-state index contributed by atoms with van der Waals surface area (Å²) in [5.74, 6) is 0.456. The molecule has 0 saturated heterocycles. The standard InChI is InChI=1S/C43H52ClFN6O3/c1-8-49-41-35-17-18-37(44)39(41)40-26(2)28(4)46-51(40)19-9-11-31-25-32(50(47-31)21-20-48(5)6)15-13-29-23-38(33-16-14-30(45)24-36(33)27(29)3)54-22-10-12-34(35)42(49)43(52)53-7/h14,16-18,23-25,27,29H,8-13,15,19-22H2,1-7H3. The Kier molecular flexibility index (Phi) is 11.1. The van der Waals surface area contributed by atoms with Gasteiger partial charge in [-0.1, -0.05) is 24.6 Å². The average molecular weight is 755 g/mol. The molecule has 0 radical (unpaired) electrons. The van der Waals surface area contributed by atoms with Crippen molar-refractivity contribution in [1.29, 1.82) is 0 Å². The number of hydrogen-bond acceptors (Lipinski definition) is 6. The van der Waals surface area contributed by atoms with Gasteiger partial charge in [-0.15, -0.1) is 0 Å². The number of likely N-dealkylation sites (N-methyl/N-ethyl adjacent to an activating group) is 1. The maximum absolute atomic E-state index is 14.7. The van der Waals surface area contributed by atoms with Crippen LogP contribution in [0.2, 0.25) is 5.02 Å². The van der Waals surface area contributed by atoms with Crippen LogP contribution in [0.15, 0.2) is 42.5 Å². The van der Waals surface area contributed by atoms with Gasteiger partial charge in [-0.25, -0.2) is 9.18 Å². The Morgan fingerprint density at radius 2 is 1.91 bits per heavy atom. The maximum atomic E-state index is 14.7. The van der Waals surface area contributed by atoms with E-state index in [4.69, 9.17) is 31.3 Å². The number of allylic oxidation sites excluding steroid dienone is 1. The molecule has 0 N–H and O–H groups in total. The maximum Gasteiger partial charge on any atom is 0.354 e. The molecule has 8 bridgehead atoms. The molecule has 7 rings (SSSR count). The Balaban J connectivity index is 1.36. The van der Waals surface area contributed by atoms with Crippen LogP contribution in [-0.4, -0.2) is 69.4 Å². The van der Waals surface area contributed by atoms with E-state index in [0.29, 0.717) is 43.3 Å². The van der Waals surface area contributed by atoms with Gasteiger partial charge in [0.15, 0.2) is 0 Å². The first-order valence-electron chi connectivity index (χ1n) is 19.3. The summed E-state index contributed by atoms with van der Waals surface area (Å²) < 4.78 is 33.0. The molecule has 1 aliphatic heterocycles. The molecular weight excluding hydrogens is 703 g/mol. The zero-order valence-corrected chi connectivity index (χ0v) is 33.4. The molecule has 0 amide bonds. The first-order valence-corrected chi connectivity index (χ1v) is 19.7. The van der Waals surface area contributed by atoms with E-state index in [0.717, 1.165) is 100 Å². The Morgan fingerprint density at radius 3 is 2.67 bits per heavy atom. The number of methoxy groups -OCH3 is 1. The van der Waals surface area contributed by atoms with Crippen LogP contribution in [0.5, 0.6) is 0 Å². The highest BCUT2D eigenvalue weighted by Gasteiger charge is 2.30. The smallest absolute Gasteiger partial charge is 0.354 e. The van der Waals surface area contributed by atoms with Crippen molar-refractivity contribution in [3.8, 4) is 11.3 Å². The Labute approximate surface area is 322 Å². The highest BCUT2D eigenvalue weighted by molar-refractivity contribution is 6.35. The number of hydrogen-bond donors (Lipinski definition) is 0. The van der Waals surface area contributed by atoms with Crippen molar-refractivity contribution in [2.45, 2.75) is 91.8 Å². The minimum atomic E-state index is -0.380. The van der Waals surface area contributed by atoms with E-state index < -0.39 is 0 Å². The summed E-state index contributed by atoms with van der Waals surface area (Å²) in [5, 5.41) is 11.7. The molecule has 4 heterocycles. The van der Waals surface area contributed by atoms with Crippen LogP contribution in [0.3, 0.4) is 0 Å². The second-order valence-electron chi connectivity index (χ2n) is 15.1. The molecule has 0 saturated carbocycles. The lowest BCUT2D eigenvalue weighted by atomic mass is 9.77. The molecule has 2 unspecified atom stereocenters. The molecule has 286 valence electrons. The van der Waals surface area contributed by atoms with E-state index in [1.54, 1.807) is 6.07 Å². The van der Waals surface area contributed by atoms with Crippen molar-refractivity contribution in [3.05, 3.63) is 98.3 Å². The van der Waals surface area contributed by atoms with Crippen LogP contribution in [-0.2, 0) is 48.4 Å². The molecule has 11 heteroatoms. The van der Waals surface area contributed by atoms with Crippen LogP contribution < -0.4 is 0 Å². The van der Waals surface area contributed by atoms with E-state index in [9.17, 15) is 9.18 Å². The van der Waals surface area contributed by atoms with Crippen molar-refractivity contribution in [3.63, 3.8) is 0 Å². The second kappa shape index (κ2) is 15.7. The average Bonchev–Trinajstić information content (AvgIpc) is 3.79. The van der Waals surface area contributed by atoms with E-state index >= 15 is 0 Å². The van der Waals surface area contributed by atoms with Gasteiger partial charge in [-0.2, -0.15) is 10.2 Å². The van der Waals surface area contributed by atoms with Gasteiger partial charge >= 0.3 is 5.97 Å². The number of esters is 1. The van der Waals surface area contributed by atoms with Crippen molar-refractivity contribution in [2.24, 2.45) is 5.92 Å². The summed E-state index contributed by atoms with van der Waals surface area (Å²) >= 11 is 7.15. The number of carbonyl (C=O) groups excluding carboxylic acids is 1. The van der Waals surface area contributed by atoms with Crippen LogP contribution in [0.4, 0.5) is 4.39 Å². The largest absolute Gasteiger partial charge is 0.493 e. The van der Waals surface area contributed by atoms with Gasteiger partial charge in [0.25, 0.3) is 0 Å². The third-order valence-corrected chi connectivity index (χ3v) is 11.8. The highest BCUT2D eigenvalue weighted by atomic mass is 35.5. The molecule has 2 aliphatic rings. The lowest BCUT2D eigenvalue weighted by Crippen LogP contribution is -2.21. The summed E-state index contributed by atoms with van der Waals surface area (Å²) in [7, 11) is 5.60. The summed E-state index contributed by atoms with van der Waals surface area (Å²) in [6, 6.07) is 11.3. The molecule has 5 aromatic rings. The number of aryl methyl sites for hydroxylation is 6. The van der Waals surface area contributed by atoms with Gasteiger partial charge in [0.1, 0.15) is 17.3 Å². The summed E-state index contributed by atoms with van der Waals surface area (Å²) in [6.07, 6.45) is 6.86. The number of carbonyl (C=O) groups is 1. The fraction of sp³-hybridized carbons (Fsp3) is 0.465. The van der Waals surface area contributed by atoms with Crippen molar-refractivity contribution in [2.75, 3.05) is 34.4 Å². The van der Waals surface area contributed by atoms with Crippen molar-refractivity contribution < 1.29 is 18.7 Å². The van der Waals surface area contributed by atoms with Gasteiger partial charge in [0, 0.05) is 41.8 Å². The molecule has 9 nitrogen and oxygen atoms in total. The Morgan fingerprint density at radius 1 is 1.09 bits per heavy atom. The number of halogens is 2. The fourth-order valence-corrected chi connectivity index (χ4v) is 8.74. The molecule has 0 spiro atoms. The monoisotopic (exact) mass is 754 g/mol. The van der Waals surface area contributed by atoms with Gasteiger partial charge in [-0.3, -0.25) is 9.36 Å². The molecule has 0 fully saturated rings. The quantitative estimate of drug-likeness (QED) is 0.167. The molecule has 1 aliphatic carbocycles. The third kappa shape index (κ3) is 7.10. The molecule has 2 atom stereocenters. The van der Waals surface area contributed by atoms with E-state index in [2.05, 4.69) is 58.9 Å². The van der Waals surface area contributed by atoms with E-state index in [1.807, 2.05) is 32.0 Å². The first kappa shape index (κ1) is 37.9. The molecular formula is C43H52ClFN6O3. The predicted molar refractivity (Wildman–Crippen MR) is 213 cm³/mol. The van der Waals surface area contributed by atoms with Crippen molar-refractivity contribution >= 4 is 34.2 Å². The van der Waals surface area contributed by atoms with E-state index in [-0.39, 0.29) is 23.6 Å². The number of rotatable bonds is 5. The molecule has 2 aromatic carbocycles. The summed E-state index contributed by atoms with van der Waals surface area (Å²) in [6.45, 7) is 11.7. The topological polar surface area (TPSA) is 79.3 Å². The number of aromatic nitrogens is 5. The number of benzene rings is 2. The van der Waals surface area contributed by atoms with Crippen LogP contribution in [0, 0.1) is 25.6 Å². The third-order valence-electron chi connectivity index (χ3n) is 11.5. The fourth-order valence-electron chi connectivity index (χ4n) is 8.50. The molecule has 54 heavy (non-hydrogen) atoms. The van der Waals surface area contributed by atoms with Gasteiger partial charge in [-0.05, 0) is 138 Å². The minimum Gasteiger partial charge on any atom is -0.493 e. The first-order chi connectivity index (χ1) is 26.0. The second-order valence-corrected chi connectivity index (χ2v) is 15.5. The number of nitrogens with zero attached hydrogens (tertiary/aromatic N) is 6. The Hall–Kier alpha value is -4.41. The van der Waals surface area contributed by atoms with Gasteiger partial charge < -0.3 is 18.9 Å². The van der Waals surface area contributed by atoms with Crippen LogP contribution in [0.1, 0.15) is 88.9 Å². The van der Waals surface area contributed by atoms with E-state index in [1.165, 1.54) is 18.9 Å². The van der Waals surface area contributed by atoms with Crippen LogP contribution in [0.25, 0.3) is 27.9 Å². The van der Waals surface area contributed by atoms with Crippen molar-refractivity contribution in [1.82, 2.24) is 29.0 Å². The number of ether oxygens (including phenoxy) is 2. The Bertz CT molecular complexity index is 2230. The molecule has 3 aromatic heterocycles. The number of fused-ring (bicyclic) bond motifs is 7. The normalized spacial score (nSPS) is 17.9. The predicted octanol–water partition coefficient (Wildman–Crippen LogP) is 8.78. The zero-order valence-electron chi connectivity index (χ0n) is 32.6. The zero-order chi connectivity index (χ0) is 38.3. The highest BCUT2D eigenvalue weighted by Crippen LogP contribution is 2.43. The van der Waals surface area contributed by atoms with Crippen LogP contribution >= 0.6 is 11.6 Å². The summed E-state index contributed by atoms with van der Waals surface area (Å²) in [5.41, 5.74) is 10.4. The summed E-state index contributed by atoms with van der Waals surface area (Å²) in [4.78, 5) is 15.8. The minimum absolute atomic E-state index is 0.126. The lowest BCUT2D eigenvalue weighted by molar-refractivity contribution is 0.0587. The van der Waals surface area contributed by atoms with Gasteiger partial charge in [0.2, 0.25) is 0 Å². The lowest BCUT2D eigenvalue weighted by Gasteiger charge is -2.30. The SMILES string of the molecule is CCn1c(C(=O)OC)c2c3ccc(Cl)c(c31)-c1c(C)c(C)nn1CCCc1cc(n(CCN(C)C)n1)CCC1C=C(OCCC2)c2ccc(F)cc2C1C. The van der Waals surface area contributed by atoms with Gasteiger partial charge in [0.05, 0.1) is 47.9 Å².